The van der Waals surface area contributed by atoms with Gasteiger partial charge in [0.15, 0.2) is 5.11 Å². The molecule has 2 heterocycles. The third-order valence-electron chi connectivity index (χ3n) is 4.80. The summed E-state index contributed by atoms with van der Waals surface area (Å²) in [5.41, 5.74) is 5.80. The van der Waals surface area contributed by atoms with Crippen molar-refractivity contribution in [1.82, 2.24) is 9.80 Å². The maximum Gasteiger partial charge on any atom is 0.172 e. The Morgan fingerprint density at radius 2 is 1.09 bits per heavy atom. The van der Waals surface area contributed by atoms with Crippen LogP contribution in [0.1, 0.15) is 22.3 Å². The third kappa shape index (κ3) is 2.50. The zero-order valence-electron chi connectivity index (χ0n) is 12.7. The Kier molecular flexibility index (Phi) is 3.59. The van der Waals surface area contributed by atoms with E-state index >= 15 is 0 Å². The summed E-state index contributed by atoms with van der Waals surface area (Å²) < 4.78 is 0. The number of nitrogens with zero attached hydrogens (tertiary/aromatic N) is 2. The SMILES string of the molecule is S=C(N1CCc2ccccc2C1)N1CCc2ccccc2C1. The molecule has 2 aliphatic heterocycles. The van der Waals surface area contributed by atoms with Crippen molar-refractivity contribution in [3.05, 3.63) is 70.8 Å². The molecule has 4 rings (SSSR count). The second-order valence-corrected chi connectivity index (χ2v) is 6.53. The summed E-state index contributed by atoms with van der Waals surface area (Å²) in [5, 5.41) is 1.02. The molecule has 22 heavy (non-hydrogen) atoms. The topological polar surface area (TPSA) is 6.48 Å². The van der Waals surface area contributed by atoms with Crippen molar-refractivity contribution in [2.75, 3.05) is 13.1 Å². The van der Waals surface area contributed by atoms with Crippen LogP contribution in [0, 0.1) is 0 Å². The second-order valence-electron chi connectivity index (χ2n) is 6.16. The van der Waals surface area contributed by atoms with Gasteiger partial charge in [0.05, 0.1) is 0 Å². The van der Waals surface area contributed by atoms with Gasteiger partial charge in [0.1, 0.15) is 0 Å². The second kappa shape index (κ2) is 5.73. The lowest BCUT2D eigenvalue weighted by molar-refractivity contribution is 0.301. The first kappa shape index (κ1) is 13.8. The molecule has 0 radical (unpaired) electrons. The summed E-state index contributed by atoms with van der Waals surface area (Å²) in [6.07, 6.45) is 2.20. The molecule has 0 unspecified atom stereocenters. The molecule has 0 N–H and O–H groups in total. The Bertz CT molecular complexity index is 651. The third-order valence-corrected chi connectivity index (χ3v) is 5.32. The van der Waals surface area contributed by atoms with Gasteiger partial charge < -0.3 is 9.80 Å². The number of benzene rings is 2. The molecule has 2 nitrogen and oxygen atoms in total. The molecule has 2 aliphatic rings. The Balaban J connectivity index is 1.50. The Hall–Kier alpha value is -1.87. The maximum atomic E-state index is 5.80. The summed E-state index contributed by atoms with van der Waals surface area (Å²) in [7, 11) is 0. The Morgan fingerprint density at radius 1 is 0.682 bits per heavy atom. The van der Waals surface area contributed by atoms with E-state index in [1.54, 1.807) is 0 Å². The summed E-state index contributed by atoms with van der Waals surface area (Å²) in [4.78, 5) is 4.73. The largest absolute Gasteiger partial charge is 0.344 e. The molecule has 2 aromatic carbocycles. The summed E-state index contributed by atoms with van der Waals surface area (Å²) >= 11 is 5.80. The maximum absolute atomic E-state index is 5.80. The number of hydrogen-bond donors (Lipinski definition) is 0. The van der Waals surface area contributed by atoms with Crippen LogP contribution < -0.4 is 0 Å². The van der Waals surface area contributed by atoms with E-state index in [-0.39, 0.29) is 0 Å². The minimum absolute atomic E-state index is 0.952. The van der Waals surface area contributed by atoms with Gasteiger partial charge in [-0.1, -0.05) is 48.5 Å². The minimum atomic E-state index is 0.952. The molecular formula is C19H20N2S. The van der Waals surface area contributed by atoms with Crippen LogP contribution in [0.25, 0.3) is 0 Å². The molecule has 0 fully saturated rings. The van der Waals surface area contributed by atoms with E-state index < -0.39 is 0 Å². The number of rotatable bonds is 0. The molecule has 2 aromatic rings. The predicted molar refractivity (Wildman–Crippen MR) is 93.7 cm³/mol. The van der Waals surface area contributed by atoms with Crippen LogP contribution in [0.5, 0.6) is 0 Å². The zero-order valence-corrected chi connectivity index (χ0v) is 13.5. The molecule has 0 aromatic heterocycles. The highest BCUT2D eigenvalue weighted by Gasteiger charge is 2.24. The lowest BCUT2D eigenvalue weighted by Crippen LogP contribution is -2.46. The molecule has 0 saturated carbocycles. The first-order valence-corrected chi connectivity index (χ1v) is 8.39. The van der Waals surface area contributed by atoms with Crippen molar-refractivity contribution in [1.29, 1.82) is 0 Å². The molecule has 3 heteroatoms. The smallest absolute Gasteiger partial charge is 0.172 e. The van der Waals surface area contributed by atoms with Gasteiger partial charge in [0, 0.05) is 26.2 Å². The van der Waals surface area contributed by atoms with Gasteiger partial charge >= 0.3 is 0 Å². The van der Waals surface area contributed by atoms with Crippen molar-refractivity contribution in [2.45, 2.75) is 25.9 Å². The zero-order chi connectivity index (χ0) is 14.9. The fourth-order valence-electron chi connectivity index (χ4n) is 3.52. The molecule has 0 saturated heterocycles. The average Bonchev–Trinajstić information content (AvgIpc) is 2.60. The van der Waals surface area contributed by atoms with Gasteiger partial charge in [-0.25, -0.2) is 0 Å². The first-order chi connectivity index (χ1) is 10.8. The van der Waals surface area contributed by atoms with Crippen molar-refractivity contribution in [3.63, 3.8) is 0 Å². The van der Waals surface area contributed by atoms with E-state index in [9.17, 15) is 0 Å². The fraction of sp³-hybridized carbons (Fsp3) is 0.316. The van der Waals surface area contributed by atoms with Gasteiger partial charge in [-0.2, -0.15) is 0 Å². The number of hydrogen-bond acceptors (Lipinski definition) is 1. The number of thiocarbonyl (C=S) groups is 1. The summed E-state index contributed by atoms with van der Waals surface area (Å²) in [6, 6.07) is 17.5. The van der Waals surface area contributed by atoms with Crippen LogP contribution in [0.15, 0.2) is 48.5 Å². The predicted octanol–water partition coefficient (Wildman–Crippen LogP) is 3.39. The van der Waals surface area contributed by atoms with Gasteiger partial charge in [-0.05, 0) is 47.3 Å². The standard InChI is InChI=1S/C19H20N2S/c22-19(20-11-9-15-5-1-3-7-17(15)13-20)21-12-10-16-6-2-4-8-18(16)14-21/h1-8H,9-14H2. The molecule has 112 valence electrons. The first-order valence-electron chi connectivity index (χ1n) is 7.99. The molecule has 0 amide bonds. The van der Waals surface area contributed by atoms with Crippen LogP contribution in [0.2, 0.25) is 0 Å². The number of fused-ring (bicyclic) bond motifs is 2. The van der Waals surface area contributed by atoms with E-state index in [0.717, 1.165) is 44.1 Å². The highest BCUT2D eigenvalue weighted by atomic mass is 32.1. The monoisotopic (exact) mass is 308 g/mol. The van der Waals surface area contributed by atoms with Crippen LogP contribution in [0.4, 0.5) is 0 Å². The van der Waals surface area contributed by atoms with Gasteiger partial charge in [-0.15, -0.1) is 0 Å². The molecular weight excluding hydrogens is 288 g/mol. The quantitative estimate of drug-likeness (QED) is 0.689. The van der Waals surface area contributed by atoms with Crippen molar-refractivity contribution >= 4 is 17.3 Å². The van der Waals surface area contributed by atoms with E-state index in [2.05, 4.69) is 58.3 Å². The van der Waals surface area contributed by atoms with Crippen LogP contribution in [-0.2, 0) is 25.9 Å². The molecule has 0 bridgehead atoms. The summed E-state index contributed by atoms with van der Waals surface area (Å²) in [5.74, 6) is 0. The Morgan fingerprint density at radius 3 is 1.55 bits per heavy atom. The lowest BCUT2D eigenvalue weighted by Gasteiger charge is -2.38. The van der Waals surface area contributed by atoms with Crippen LogP contribution >= 0.6 is 12.2 Å². The molecule has 0 spiro atoms. The highest BCUT2D eigenvalue weighted by Crippen LogP contribution is 2.23. The lowest BCUT2D eigenvalue weighted by atomic mass is 9.99. The Labute approximate surface area is 137 Å². The minimum Gasteiger partial charge on any atom is -0.344 e. The average molecular weight is 308 g/mol. The van der Waals surface area contributed by atoms with E-state index in [1.807, 2.05) is 0 Å². The fourth-order valence-corrected chi connectivity index (χ4v) is 3.83. The highest BCUT2D eigenvalue weighted by molar-refractivity contribution is 7.80. The van der Waals surface area contributed by atoms with Crippen LogP contribution in [-0.4, -0.2) is 28.0 Å². The van der Waals surface area contributed by atoms with Crippen molar-refractivity contribution in [2.24, 2.45) is 0 Å². The normalized spacial score (nSPS) is 16.9. The molecule has 0 atom stereocenters. The van der Waals surface area contributed by atoms with Crippen molar-refractivity contribution < 1.29 is 0 Å². The molecule has 0 aliphatic carbocycles. The van der Waals surface area contributed by atoms with Crippen molar-refractivity contribution in [3.8, 4) is 0 Å². The summed E-state index contributed by atoms with van der Waals surface area (Å²) in [6.45, 7) is 3.97. The van der Waals surface area contributed by atoms with E-state index in [0.29, 0.717) is 0 Å². The van der Waals surface area contributed by atoms with Crippen LogP contribution in [0.3, 0.4) is 0 Å². The van der Waals surface area contributed by atoms with Gasteiger partial charge in [0.25, 0.3) is 0 Å². The van der Waals surface area contributed by atoms with Gasteiger partial charge in [0.2, 0.25) is 0 Å². The van der Waals surface area contributed by atoms with Gasteiger partial charge in [-0.3, -0.25) is 0 Å². The van der Waals surface area contributed by atoms with E-state index in [4.69, 9.17) is 12.2 Å². The van der Waals surface area contributed by atoms with E-state index in [1.165, 1.54) is 22.3 Å².